The number of hydrogen-bond acceptors (Lipinski definition) is 6. The minimum absolute atomic E-state index is 0.179. The van der Waals surface area contributed by atoms with Crippen LogP contribution < -0.4 is 16.0 Å². The first kappa shape index (κ1) is 14.0. The topological polar surface area (TPSA) is 82.3 Å². The monoisotopic (exact) mass is 266 g/mol. The van der Waals surface area contributed by atoms with Crippen molar-refractivity contribution in [2.24, 2.45) is 5.84 Å². The van der Waals surface area contributed by atoms with E-state index in [1.54, 1.807) is 0 Å². The predicted molar refractivity (Wildman–Crippen MR) is 73.0 cm³/mol. The van der Waals surface area contributed by atoms with E-state index in [-0.39, 0.29) is 6.10 Å². The SMILES string of the molecule is CCCc1nc(NN)c(C)c(OCC2CCCO2)n1. The molecule has 0 saturated carbocycles. The van der Waals surface area contributed by atoms with Crippen molar-refractivity contribution in [3.8, 4) is 5.88 Å². The third-order valence-electron chi connectivity index (χ3n) is 3.19. The number of hydrogen-bond donors (Lipinski definition) is 2. The van der Waals surface area contributed by atoms with Gasteiger partial charge in [0.15, 0.2) is 0 Å². The normalized spacial score (nSPS) is 18.6. The second-order valence-corrected chi connectivity index (χ2v) is 4.76. The average Bonchev–Trinajstić information content (AvgIpc) is 2.92. The van der Waals surface area contributed by atoms with Crippen LogP contribution in [0.25, 0.3) is 0 Å². The van der Waals surface area contributed by atoms with E-state index in [9.17, 15) is 0 Å². The summed E-state index contributed by atoms with van der Waals surface area (Å²) in [6.45, 7) is 5.35. The molecule has 1 atom stereocenters. The minimum Gasteiger partial charge on any atom is -0.475 e. The molecule has 0 bridgehead atoms. The third kappa shape index (κ3) is 3.54. The van der Waals surface area contributed by atoms with Gasteiger partial charge >= 0.3 is 0 Å². The number of hydrazine groups is 1. The van der Waals surface area contributed by atoms with E-state index < -0.39 is 0 Å². The van der Waals surface area contributed by atoms with Gasteiger partial charge in [-0.1, -0.05) is 6.92 Å². The van der Waals surface area contributed by atoms with Gasteiger partial charge in [0, 0.05) is 13.0 Å². The molecule has 6 heteroatoms. The van der Waals surface area contributed by atoms with E-state index in [1.807, 2.05) is 6.92 Å². The van der Waals surface area contributed by atoms with Crippen LogP contribution in [0.3, 0.4) is 0 Å². The second kappa shape index (κ2) is 6.68. The maximum Gasteiger partial charge on any atom is 0.221 e. The molecule has 2 rings (SSSR count). The van der Waals surface area contributed by atoms with Gasteiger partial charge in [-0.05, 0) is 26.2 Å². The summed E-state index contributed by atoms with van der Waals surface area (Å²) in [5.41, 5.74) is 3.43. The summed E-state index contributed by atoms with van der Waals surface area (Å²) in [5, 5.41) is 0. The summed E-state index contributed by atoms with van der Waals surface area (Å²) in [4.78, 5) is 8.81. The molecule has 0 aliphatic carbocycles. The van der Waals surface area contributed by atoms with Gasteiger partial charge in [0.05, 0.1) is 11.7 Å². The Balaban J connectivity index is 2.09. The lowest BCUT2D eigenvalue weighted by atomic mass is 10.2. The zero-order chi connectivity index (χ0) is 13.7. The summed E-state index contributed by atoms with van der Waals surface area (Å²) < 4.78 is 11.3. The van der Waals surface area contributed by atoms with Gasteiger partial charge in [0.1, 0.15) is 18.2 Å². The number of ether oxygens (including phenoxy) is 2. The molecule has 1 unspecified atom stereocenters. The van der Waals surface area contributed by atoms with Crippen molar-refractivity contribution >= 4 is 5.82 Å². The molecule has 1 aromatic heterocycles. The van der Waals surface area contributed by atoms with Crippen molar-refractivity contribution in [3.63, 3.8) is 0 Å². The fourth-order valence-corrected chi connectivity index (χ4v) is 2.10. The molecule has 0 amide bonds. The van der Waals surface area contributed by atoms with E-state index in [4.69, 9.17) is 15.3 Å². The summed E-state index contributed by atoms with van der Waals surface area (Å²) in [7, 11) is 0. The number of rotatable bonds is 6. The third-order valence-corrected chi connectivity index (χ3v) is 3.19. The van der Waals surface area contributed by atoms with E-state index in [2.05, 4.69) is 22.3 Å². The van der Waals surface area contributed by atoms with Gasteiger partial charge in [-0.2, -0.15) is 4.98 Å². The smallest absolute Gasteiger partial charge is 0.221 e. The van der Waals surface area contributed by atoms with Crippen LogP contribution in [-0.4, -0.2) is 29.3 Å². The Morgan fingerprint density at radius 1 is 1.47 bits per heavy atom. The molecular formula is C13H22N4O2. The zero-order valence-corrected chi connectivity index (χ0v) is 11.6. The molecule has 1 aromatic rings. The van der Waals surface area contributed by atoms with Crippen molar-refractivity contribution in [1.29, 1.82) is 0 Å². The molecule has 1 saturated heterocycles. The Morgan fingerprint density at radius 3 is 2.95 bits per heavy atom. The molecule has 0 radical (unpaired) electrons. The molecule has 2 heterocycles. The lowest BCUT2D eigenvalue weighted by Gasteiger charge is -2.15. The van der Waals surface area contributed by atoms with Gasteiger partial charge in [0.25, 0.3) is 0 Å². The molecule has 6 nitrogen and oxygen atoms in total. The zero-order valence-electron chi connectivity index (χ0n) is 11.6. The van der Waals surface area contributed by atoms with E-state index in [0.717, 1.165) is 43.7 Å². The summed E-state index contributed by atoms with van der Waals surface area (Å²) in [6.07, 6.45) is 4.13. The van der Waals surface area contributed by atoms with Crippen LogP contribution in [0.5, 0.6) is 5.88 Å². The summed E-state index contributed by atoms with van der Waals surface area (Å²) in [5.74, 6) is 7.46. The number of nitrogen functional groups attached to an aromatic ring is 1. The summed E-state index contributed by atoms with van der Waals surface area (Å²) in [6, 6.07) is 0. The molecule has 0 aromatic carbocycles. The Hall–Kier alpha value is -1.40. The van der Waals surface area contributed by atoms with Crippen LogP contribution in [0, 0.1) is 6.92 Å². The van der Waals surface area contributed by atoms with E-state index in [0.29, 0.717) is 18.3 Å². The van der Waals surface area contributed by atoms with Crippen molar-refractivity contribution in [3.05, 3.63) is 11.4 Å². The first-order valence-electron chi connectivity index (χ1n) is 6.83. The van der Waals surface area contributed by atoms with Crippen LogP contribution >= 0.6 is 0 Å². The van der Waals surface area contributed by atoms with Crippen LogP contribution in [0.1, 0.15) is 37.6 Å². The van der Waals surface area contributed by atoms with Gasteiger partial charge in [0.2, 0.25) is 5.88 Å². The Kier molecular flexibility index (Phi) is 4.93. The van der Waals surface area contributed by atoms with Gasteiger partial charge in [-0.15, -0.1) is 0 Å². The number of nitrogens with one attached hydrogen (secondary N) is 1. The van der Waals surface area contributed by atoms with Gasteiger partial charge < -0.3 is 14.9 Å². The van der Waals surface area contributed by atoms with Crippen LogP contribution in [0.15, 0.2) is 0 Å². The van der Waals surface area contributed by atoms with E-state index >= 15 is 0 Å². The van der Waals surface area contributed by atoms with Crippen molar-refractivity contribution in [2.45, 2.75) is 45.6 Å². The Bertz CT molecular complexity index is 419. The van der Waals surface area contributed by atoms with Crippen LogP contribution in [0.2, 0.25) is 0 Å². The van der Waals surface area contributed by atoms with Crippen molar-refractivity contribution in [2.75, 3.05) is 18.6 Å². The van der Waals surface area contributed by atoms with Crippen molar-refractivity contribution in [1.82, 2.24) is 9.97 Å². The number of nitrogens with two attached hydrogens (primary N) is 1. The maximum absolute atomic E-state index is 5.78. The number of aromatic nitrogens is 2. The van der Waals surface area contributed by atoms with Crippen LogP contribution in [-0.2, 0) is 11.2 Å². The highest BCUT2D eigenvalue weighted by molar-refractivity contribution is 5.47. The fraction of sp³-hybridized carbons (Fsp3) is 0.692. The molecule has 1 aliphatic heterocycles. The fourth-order valence-electron chi connectivity index (χ4n) is 2.10. The molecule has 106 valence electrons. The number of aryl methyl sites for hydroxylation is 1. The predicted octanol–water partition coefficient (Wildman–Crippen LogP) is 1.58. The van der Waals surface area contributed by atoms with Gasteiger partial charge in [-0.3, -0.25) is 0 Å². The first-order valence-corrected chi connectivity index (χ1v) is 6.83. The number of nitrogens with zero attached hydrogens (tertiary/aromatic N) is 2. The lowest BCUT2D eigenvalue weighted by molar-refractivity contribution is 0.0659. The van der Waals surface area contributed by atoms with Crippen molar-refractivity contribution < 1.29 is 9.47 Å². The highest BCUT2D eigenvalue weighted by atomic mass is 16.5. The Labute approximate surface area is 113 Å². The van der Waals surface area contributed by atoms with E-state index in [1.165, 1.54) is 0 Å². The molecular weight excluding hydrogens is 244 g/mol. The molecule has 3 N–H and O–H groups in total. The highest BCUT2D eigenvalue weighted by Crippen LogP contribution is 2.23. The Morgan fingerprint density at radius 2 is 2.32 bits per heavy atom. The molecule has 0 spiro atoms. The second-order valence-electron chi connectivity index (χ2n) is 4.76. The maximum atomic E-state index is 5.78. The van der Waals surface area contributed by atoms with Gasteiger partial charge in [-0.25, -0.2) is 10.8 Å². The number of anilines is 1. The summed E-state index contributed by atoms with van der Waals surface area (Å²) >= 11 is 0. The molecule has 1 aliphatic rings. The standard InChI is InChI=1S/C13H22N4O2/c1-3-5-11-15-12(17-14)9(2)13(16-11)19-8-10-6-4-7-18-10/h10H,3-8,14H2,1-2H3,(H,15,16,17). The quantitative estimate of drug-likeness (QED) is 0.601. The largest absolute Gasteiger partial charge is 0.475 e. The highest BCUT2D eigenvalue weighted by Gasteiger charge is 2.18. The average molecular weight is 266 g/mol. The first-order chi connectivity index (χ1) is 9.24. The molecule has 1 fully saturated rings. The molecule has 19 heavy (non-hydrogen) atoms. The lowest BCUT2D eigenvalue weighted by Crippen LogP contribution is -2.19. The van der Waals surface area contributed by atoms with Crippen LogP contribution in [0.4, 0.5) is 5.82 Å². The minimum atomic E-state index is 0.179.